The van der Waals surface area contributed by atoms with Crippen molar-refractivity contribution in [2.45, 2.75) is 12.5 Å². The Bertz CT molecular complexity index is 583. The van der Waals surface area contributed by atoms with E-state index in [1.807, 2.05) is 53.4 Å². The standard InChI is InChI=1S/C18H19NO2/c20-18(16-9-5-2-6-10-16)19-11-12-21-14-17(19)13-15-7-3-1-4-8-15/h1-10,17H,11-14H2. The highest BCUT2D eigenvalue weighted by Crippen LogP contribution is 2.16. The molecule has 1 fully saturated rings. The normalized spacial score (nSPS) is 18.5. The number of benzene rings is 2. The Morgan fingerprint density at radius 3 is 2.43 bits per heavy atom. The largest absolute Gasteiger partial charge is 0.377 e. The number of carbonyl (C=O) groups is 1. The lowest BCUT2D eigenvalue weighted by atomic mass is 10.0. The molecule has 1 heterocycles. The summed E-state index contributed by atoms with van der Waals surface area (Å²) in [5, 5.41) is 0. The maximum atomic E-state index is 12.7. The summed E-state index contributed by atoms with van der Waals surface area (Å²) in [5.41, 5.74) is 1.98. The average Bonchev–Trinajstić information content (AvgIpc) is 2.56. The quantitative estimate of drug-likeness (QED) is 0.866. The fraction of sp³-hybridized carbons (Fsp3) is 0.278. The van der Waals surface area contributed by atoms with Crippen LogP contribution in [0.4, 0.5) is 0 Å². The van der Waals surface area contributed by atoms with Gasteiger partial charge in [0.05, 0.1) is 19.3 Å². The summed E-state index contributed by atoms with van der Waals surface area (Å²) < 4.78 is 5.58. The van der Waals surface area contributed by atoms with E-state index in [9.17, 15) is 4.79 Å². The lowest BCUT2D eigenvalue weighted by Crippen LogP contribution is -2.49. The smallest absolute Gasteiger partial charge is 0.254 e. The summed E-state index contributed by atoms with van der Waals surface area (Å²) >= 11 is 0. The van der Waals surface area contributed by atoms with Gasteiger partial charge in [-0.1, -0.05) is 48.5 Å². The maximum absolute atomic E-state index is 12.7. The third-order valence-corrected chi connectivity index (χ3v) is 3.82. The molecular weight excluding hydrogens is 262 g/mol. The monoisotopic (exact) mass is 281 g/mol. The second kappa shape index (κ2) is 6.55. The van der Waals surface area contributed by atoms with Gasteiger partial charge in [-0.2, -0.15) is 0 Å². The van der Waals surface area contributed by atoms with E-state index in [0.29, 0.717) is 19.8 Å². The Hall–Kier alpha value is -2.13. The van der Waals surface area contributed by atoms with E-state index in [-0.39, 0.29) is 11.9 Å². The summed E-state index contributed by atoms with van der Waals surface area (Å²) in [6.07, 6.45) is 0.833. The maximum Gasteiger partial charge on any atom is 0.254 e. The van der Waals surface area contributed by atoms with Gasteiger partial charge in [0.15, 0.2) is 0 Å². The minimum absolute atomic E-state index is 0.0971. The van der Waals surface area contributed by atoms with Crippen molar-refractivity contribution >= 4 is 5.91 Å². The van der Waals surface area contributed by atoms with Crippen molar-refractivity contribution in [1.29, 1.82) is 0 Å². The molecule has 1 aliphatic heterocycles. The fourth-order valence-electron chi connectivity index (χ4n) is 2.72. The van der Waals surface area contributed by atoms with E-state index in [2.05, 4.69) is 12.1 Å². The lowest BCUT2D eigenvalue weighted by Gasteiger charge is -2.36. The number of nitrogens with zero attached hydrogens (tertiary/aromatic N) is 1. The van der Waals surface area contributed by atoms with Crippen LogP contribution < -0.4 is 0 Å². The molecule has 21 heavy (non-hydrogen) atoms. The molecule has 0 aliphatic carbocycles. The van der Waals surface area contributed by atoms with Gasteiger partial charge in [0.2, 0.25) is 0 Å². The fourth-order valence-corrected chi connectivity index (χ4v) is 2.72. The third-order valence-electron chi connectivity index (χ3n) is 3.82. The lowest BCUT2D eigenvalue weighted by molar-refractivity contribution is -0.00163. The molecule has 0 bridgehead atoms. The first-order valence-corrected chi connectivity index (χ1v) is 7.32. The highest BCUT2D eigenvalue weighted by Gasteiger charge is 2.28. The molecule has 0 radical (unpaired) electrons. The van der Waals surface area contributed by atoms with E-state index in [0.717, 1.165) is 12.0 Å². The molecule has 3 heteroatoms. The Kier molecular flexibility index (Phi) is 4.31. The SMILES string of the molecule is O=C(c1ccccc1)N1CCOCC1Cc1ccccc1. The van der Waals surface area contributed by atoms with Crippen LogP contribution in [0.15, 0.2) is 60.7 Å². The zero-order valence-corrected chi connectivity index (χ0v) is 11.9. The van der Waals surface area contributed by atoms with Crippen molar-refractivity contribution in [3.63, 3.8) is 0 Å². The van der Waals surface area contributed by atoms with Gasteiger partial charge in [0.25, 0.3) is 5.91 Å². The molecule has 1 aliphatic rings. The summed E-state index contributed by atoms with van der Waals surface area (Å²) in [6, 6.07) is 19.8. The Morgan fingerprint density at radius 1 is 1.05 bits per heavy atom. The van der Waals surface area contributed by atoms with E-state index in [1.165, 1.54) is 5.56 Å². The minimum Gasteiger partial charge on any atom is -0.377 e. The van der Waals surface area contributed by atoms with Gasteiger partial charge in [0.1, 0.15) is 0 Å². The molecule has 1 unspecified atom stereocenters. The van der Waals surface area contributed by atoms with Crippen LogP contribution in [0.5, 0.6) is 0 Å². The molecule has 0 saturated carbocycles. The predicted octanol–water partition coefficient (Wildman–Crippen LogP) is 2.77. The number of ether oxygens (including phenoxy) is 1. The Labute approximate surface area is 125 Å². The number of carbonyl (C=O) groups excluding carboxylic acids is 1. The summed E-state index contributed by atoms with van der Waals surface area (Å²) in [5.74, 6) is 0.0971. The third kappa shape index (κ3) is 3.31. The molecule has 0 aromatic heterocycles. The van der Waals surface area contributed by atoms with Gasteiger partial charge in [-0.25, -0.2) is 0 Å². The topological polar surface area (TPSA) is 29.5 Å². The average molecular weight is 281 g/mol. The zero-order valence-electron chi connectivity index (χ0n) is 11.9. The van der Waals surface area contributed by atoms with Crippen LogP contribution in [0.25, 0.3) is 0 Å². The van der Waals surface area contributed by atoms with Crippen LogP contribution in [-0.4, -0.2) is 36.6 Å². The van der Waals surface area contributed by atoms with Crippen LogP contribution in [0.2, 0.25) is 0 Å². The second-order valence-corrected chi connectivity index (χ2v) is 5.28. The van der Waals surface area contributed by atoms with Crippen LogP contribution in [0, 0.1) is 0 Å². The first-order valence-electron chi connectivity index (χ1n) is 7.32. The van der Waals surface area contributed by atoms with Gasteiger partial charge in [-0.3, -0.25) is 4.79 Å². The van der Waals surface area contributed by atoms with Crippen molar-refractivity contribution in [2.24, 2.45) is 0 Å². The van der Waals surface area contributed by atoms with E-state index < -0.39 is 0 Å². The zero-order chi connectivity index (χ0) is 14.5. The van der Waals surface area contributed by atoms with Gasteiger partial charge in [-0.15, -0.1) is 0 Å². The summed E-state index contributed by atoms with van der Waals surface area (Å²) in [7, 11) is 0. The van der Waals surface area contributed by atoms with E-state index >= 15 is 0 Å². The predicted molar refractivity (Wildman–Crippen MR) is 82.2 cm³/mol. The van der Waals surface area contributed by atoms with Crippen LogP contribution in [-0.2, 0) is 11.2 Å². The second-order valence-electron chi connectivity index (χ2n) is 5.28. The van der Waals surface area contributed by atoms with Crippen LogP contribution >= 0.6 is 0 Å². The molecule has 1 atom stereocenters. The molecule has 0 N–H and O–H groups in total. The molecule has 0 spiro atoms. The minimum atomic E-state index is 0.0971. The molecule has 3 nitrogen and oxygen atoms in total. The molecule has 1 saturated heterocycles. The van der Waals surface area contributed by atoms with Crippen molar-refractivity contribution in [2.75, 3.05) is 19.8 Å². The van der Waals surface area contributed by atoms with Gasteiger partial charge >= 0.3 is 0 Å². The molecule has 2 aromatic carbocycles. The number of hydrogen-bond donors (Lipinski definition) is 0. The summed E-state index contributed by atoms with van der Waals surface area (Å²) in [6.45, 7) is 1.88. The molecular formula is C18H19NO2. The molecule has 1 amide bonds. The molecule has 108 valence electrons. The van der Waals surface area contributed by atoms with Gasteiger partial charge in [0, 0.05) is 12.1 Å². The number of morpholine rings is 1. The van der Waals surface area contributed by atoms with Gasteiger partial charge < -0.3 is 9.64 Å². The van der Waals surface area contributed by atoms with E-state index in [1.54, 1.807) is 0 Å². The van der Waals surface area contributed by atoms with Crippen LogP contribution in [0.1, 0.15) is 15.9 Å². The van der Waals surface area contributed by atoms with Crippen molar-refractivity contribution in [3.05, 3.63) is 71.8 Å². The number of hydrogen-bond acceptors (Lipinski definition) is 2. The Morgan fingerprint density at radius 2 is 1.71 bits per heavy atom. The van der Waals surface area contributed by atoms with Crippen molar-refractivity contribution in [1.82, 2.24) is 4.90 Å². The van der Waals surface area contributed by atoms with Crippen molar-refractivity contribution in [3.8, 4) is 0 Å². The first-order chi connectivity index (χ1) is 10.3. The summed E-state index contributed by atoms with van der Waals surface area (Å²) in [4.78, 5) is 14.6. The highest BCUT2D eigenvalue weighted by atomic mass is 16.5. The Balaban J connectivity index is 1.77. The molecule has 3 rings (SSSR count). The number of amides is 1. The van der Waals surface area contributed by atoms with Crippen LogP contribution in [0.3, 0.4) is 0 Å². The van der Waals surface area contributed by atoms with Crippen molar-refractivity contribution < 1.29 is 9.53 Å². The van der Waals surface area contributed by atoms with Gasteiger partial charge in [-0.05, 0) is 24.1 Å². The van der Waals surface area contributed by atoms with E-state index in [4.69, 9.17) is 4.74 Å². The number of rotatable bonds is 3. The highest BCUT2D eigenvalue weighted by molar-refractivity contribution is 5.94. The first kappa shape index (κ1) is 13.8. The molecule has 2 aromatic rings.